The van der Waals surface area contributed by atoms with E-state index in [4.69, 9.17) is 9.47 Å². The molecule has 0 saturated carbocycles. The lowest BCUT2D eigenvalue weighted by atomic mass is 10.0. The summed E-state index contributed by atoms with van der Waals surface area (Å²) in [7, 11) is 0. The molecule has 3 aromatic carbocycles. The molecule has 0 unspecified atom stereocenters. The zero-order valence-electron chi connectivity index (χ0n) is 21.1. The fourth-order valence-electron chi connectivity index (χ4n) is 4.37. The number of halogens is 1. The Kier molecular flexibility index (Phi) is 9.13. The van der Waals surface area contributed by atoms with E-state index in [1.165, 1.54) is 11.0 Å². The number of nitrogens with one attached hydrogen (secondary N) is 1. The summed E-state index contributed by atoms with van der Waals surface area (Å²) in [5.41, 5.74) is 2.23. The Morgan fingerprint density at radius 2 is 1.68 bits per heavy atom. The van der Waals surface area contributed by atoms with Crippen LogP contribution in [0.2, 0.25) is 0 Å². The van der Waals surface area contributed by atoms with Crippen LogP contribution in [-0.4, -0.2) is 42.5 Å². The van der Waals surface area contributed by atoms with Crippen LogP contribution in [0.3, 0.4) is 0 Å². The van der Waals surface area contributed by atoms with Crippen molar-refractivity contribution < 1.29 is 23.5 Å². The molecule has 37 heavy (non-hydrogen) atoms. The number of ether oxygens (including phenoxy) is 2. The van der Waals surface area contributed by atoms with Crippen LogP contribution in [0.4, 0.5) is 4.39 Å². The normalized spacial score (nSPS) is 13.0. The summed E-state index contributed by atoms with van der Waals surface area (Å²) in [5, 5.41) is 2.94. The number of carbonyl (C=O) groups excluding carboxylic acids is 2. The lowest BCUT2D eigenvalue weighted by Crippen LogP contribution is -2.50. The minimum Gasteiger partial charge on any atom is -0.486 e. The van der Waals surface area contributed by atoms with Crippen LogP contribution in [0.5, 0.6) is 11.5 Å². The van der Waals surface area contributed by atoms with Crippen LogP contribution in [0.25, 0.3) is 0 Å². The highest BCUT2D eigenvalue weighted by Crippen LogP contribution is 2.31. The van der Waals surface area contributed by atoms with Gasteiger partial charge in [0.05, 0.1) is 0 Å². The second-order valence-electron chi connectivity index (χ2n) is 9.09. The molecule has 1 N–H and O–H groups in total. The first-order valence-corrected chi connectivity index (χ1v) is 12.8. The smallest absolute Gasteiger partial charge is 0.243 e. The van der Waals surface area contributed by atoms with Gasteiger partial charge in [-0.05, 0) is 42.2 Å². The van der Waals surface area contributed by atoms with Gasteiger partial charge in [0, 0.05) is 31.5 Å². The molecular weight excluding hydrogens is 471 g/mol. The molecule has 7 heteroatoms. The number of amides is 2. The second-order valence-corrected chi connectivity index (χ2v) is 9.09. The highest BCUT2D eigenvalue weighted by molar-refractivity contribution is 5.88. The predicted octanol–water partition coefficient (Wildman–Crippen LogP) is 4.70. The Hall–Kier alpha value is -3.87. The van der Waals surface area contributed by atoms with E-state index in [1.807, 2.05) is 55.5 Å². The van der Waals surface area contributed by atoms with Crippen molar-refractivity contribution in [2.75, 3.05) is 19.8 Å². The topological polar surface area (TPSA) is 67.9 Å². The quantitative estimate of drug-likeness (QED) is 0.411. The van der Waals surface area contributed by atoms with Crippen LogP contribution in [0, 0.1) is 5.82 Å². The number of rotatable bonds is 11. The lowest BCUT2D eigenvalue weighted by molar-refractivity contribution is -0.141. The van der Waals surface area contributed by atoms with E-state index in [0.29, 0.717) is 49.7 Å². The van der Waals surface area contributed by atoms with Gasteiger partial charge in [0.1, 0.15) is 25.1 Å². The van der Waals surface area contributed by atoms with Crippen molar-refractivity contribution in [1.29, 1.82) is 0 Å². The van der Waals surface area contributed by atoms with Gasteiger partial charge in [-0.1, -0.05) is 61.5 Å². The van der Waals surface area contributed by atoms with Gasteiger partial charge in [-0.2, -0.15) is 0 Å². The Bertz CT molecular complexity index is 1200. The van der Waals surface area contributed by atoms with Crippen molar-refractivity contribution >= 4 is 11.8 Å². The van der Waals surface area contributed by atoms with Crippen molar-refractivity contribution in [3.05, 3.63) is 95.3 Å². The van der Waals surface area contributed by atoms with E-state index in [2.05, 4.69) is 5.32 Å². The highest BCUT2D eigenvalue weighted by Gasteiger charge is 2.30. The van der Waals surface area contributed by atoms with Gasteiger partial charge in [-0.25, -0.2) is 4.39 Å². The SMILES string of the molecule is CCCNC(=O)[C@H](Cc1ccccc1)N(Cc1ccccc1F)C(=O)CCc1ccc2c(c1)OCCO2. The number of carbonyl (C=O) groups is 2. The summed E-state index contributed by atoms with van der Waals surface area (Å²) in [6.07, 6.45) is 1.73. The molecule has 3 aromatic rings. The Labute approximate surface area is 217 Å². The molecule has 1 aliphatic rings. The average Bonchev–Trinajstić information content (AvgIpc) is 2.93. The molecule has 0 saturated heterocycles. The number of fused-ring (bicyclic) bond motifs is 1. The summed E-state index contributed by atoms with van der Waals surface area (Å²) >= 11 is 0. The number of aryl methyl sites for hydroxylation is 1. The summed E-state index contributed by atoms with van der Waals surface area (Å²) in [4.78, 5) is 28.6. The molecule has 0 fully saturated rings. The molecule has 6 nitrogen and oxygen atoms in total. The molecule has 2 amide bonds. The number of hydrogen-bond acceptors (Lipinski definition) is 4. The maximum atomic E-state index is 14.7. The molecule has 0 aliphatic carbocycles. The second kappa shape index (κ2) is 12.9. The number of hydrogen-bond donors (Lipinski definition) is 1. The van der Waals surface area contributed by atoms with Gasteiger partial charge >= 0.3 is 0 Å². The molecule has 4 rings (SSSR count). The van der Waals surface area contributed by atoms with Gasteiger partial charge < -0.3 is 19.7 Å². The largest absolute Gasteiger partial charge is 0.486 e. The fraction of sp³-hybridized carbons (Fsp3) is 0.333. The van der Waals surface area contributed by atoms with E-state index in [9.17, 15) is 14.0 Å². The monoisotopic (exact) mass is 504 g/mol. The van der Waals surface area contributed by atoms with E-state index < -0.39 is 11.9 Å². The van der Waals surface area contributed by atoms with Crippen LogP contribution < -0.4 is 14.8 Å². The molecule has 0 aromatic heterocycles. The van der Waals surface area contributed by atoms with Gasteiger partial charge in [0.2, 0.25) is 11.8 Å². The maximum absolute atomic E-state index is 14.7. The molecule has 1 heterocycles. The minimum absolute atomic E-state index is 0.00366. The lowest BCUT2D eigenvalue weighted by Gasteiger charge is -2.32. The van der Waals surface area contributed by atoms with Crippen molar-refractivity contribution in [1.82, 2.24) is 10.2 Å². The first-order valence-electron chi connectivity index (χ1n) is 12.8. The predicted molar refractivity (Wildman–Crippen MR) is 140 cm³/mol. The summed E-state index contributed by atoms with van der Waals surface area (Å²) in [5.74, 6) is 0.498. The van der Waals surface area contributed by atoms with Crippen LogP contribution in [0.1, 0.15) is 36.5 Å². The van der Waals surface area contributed by atoms with Crippen LogP contribution in [-0.2, 0) is 29.0 Å². The van der Waals surface area contributed by atoms with Crippen molar-refractivity contribution in [3.63, 3.8) is 0 Å². The Balaban J connectivity index is 1.59. The number of nitrogens with zero attached hydrogens (tertiary/aromatic N) is 1. The van der Waals surface area contributed by atoms with Crippen molar-refractivity contribution in [2.24, 2.45) is 0 Å². The zero-order valence-corrected chi connectivity index (χ0v) is 21.1. The molecule has 0 radical (unpaired) electrons. The molecule has 0 bridgehead atoms. The minimum atomic E-state index is -0.777. The van der Waals surface area contributed by atoms with Gasteiger partial charge in [-0.3, -0.25) is 9.59 Å². The molecular formula is C30H33FN2O4. The number of benzene rings is 3. The Morgan fingerprint density at radius 3 is 2.43 bits per heavy atom. The molecule has 1 atom stereocenters. The standard InChI is InChI=1S/C30H33FN2O4/c1-2-16-32-30(35)26(19-22-8-4-3-5-9-22)33(21-24-10-6-7-11-25(24)31)29(34)15-13-23-12-14-27-28(20-23)37-18-17-36-27/h3-12,14,20,26H,2,13,15-19,21H2,1H3,(H,32,35)/t26-/m0/s1. The highest BCUT2D eigenvalue weighted by atomic mass is 19.1. The molecule has 1 aliphatic heterocycles. The third kappa shape index (κ3) is 7.09. The van der Waals surface area contributed by atoms with E-state index in [1.54, 1.807) is 18.2 Å². The van der Waals surface area contributed by atoms with E-state index in [-0.39, 0.29) is 24.8 Å². The Morgan fingerprint density at radius 1 is 0.946 bits per heavy atom. The maximum Gasteiger partial charge on any atom is 0.243 e. The first-order chi connectivity index (χ1) is 18.0. The first kappa shape index (κ1) is 26.2. The molecule has 0 spiro atoms. The zero-order chi connectivity index (χ0) is 26.0. The van der Waals surface area contributed by atoms with Gasteiger partial charge in [-0.15, -0.1) is 0 Å². The summed E-state index contributed by atoms with van der Waals surface area (Å²) < 4.78 is 25.9. The summed E-state index contributed by atoms with van der Waals surface area (Å²) in [6.45, 7) is 3.48. The average molecular weight is 505 g/mol. The van der Waals surface area contributed by atoms with Crippen LogP contribution in [0.15, 0.2) is 72.8 Å². The fourth-order valence-corrected chi connectivity index (χ4v) is 4.37. The van der Waals surface area contributed by atoms with Crippen molar-refractivity contribution in [3.8, 4) is 11.5 Å². The van der Waals surface area contributed by atoms with Gasteiger partial charge in [0.15, 0.2) is 11.5 Å². The third-order valence-corrected chi connectivity index (χ3v) is 6.35. The van der Waals surface area contributed by atoms with Crippen molar-refractivity contribution in [2.45, 2.75) is 45.2 Å². The van der Waals surface area contributed by atoms with Crippen LogP contribution >= 0.6 is 0 Å². The summed E-state index contributed by atoms with van der Waals surface area (Å²) in [6, 6.07) is 20.8. The van der Waals surface area contributed by atoms with Gasteiger partial charge in [0.25, 0.3) is 0 Å². The molecule has 194 valence electrons. The van der Waals surface area contributed by atoms with E-state index >= 15 is 0 Å². The van der Waals surface area contributed by atoms with E-state index in [0.717, 1.165) is 17.5 Å². The third-order valence-electron chi connectivity index (χ3n) is 6.35.